The summed E-state index contributed by atoms with van der Waals surface area (Å²) in [6, 6.07) is 15.2. The third-order valence-electron chi connectivity index (χ3n) is 4.15. The number of carbonyl (C=O) groups excluding carboxylic acids is 1. The number of para-hydroxylation sites is 1. The summed E-state index contributed by atoms with van der Waals surface area (Å²) in [4.78, 5) is 17.2. The first kappa shape index (κ1) is 18.0. The minimum Gasteiger partial charge on any atom is -0.497 e. The van der Waals surface area contributed by atoms with E-state index in [1.165, 1.54) is 11.3 Å². The van der Waals surface area contributed by atoms with Gasteiger partial charge in [0.2, 0.25) is 4.96 Å². The summed E-state index contributed by atoms with van der Waals surface area (Å²) >= 11 is 1.45. The van der Waals surface area contributed by atoms with Crippen molar-refractivity contribution >= 4 is 28.2 Å². The van der Waals surface area contributed by atoms with Crippen LogP contribution in [0.2, 0.25) is 0 Å². The van der Waals surface area contributed by atoms with E-state index in [0.29, 0.717) is 10.7 Å². The Bertz CT molecular complexity index is 1140. The highest BCUT2D eigenvalue weighted by Gasteiger charge is 2.14. The predicted octanol–water partition coefficient (Wildman–Crippen LogP) is 3.79. The van der Waals surface area contributed by atoms with Gasteiger partial charge in [-0.3, -0.25) is 10.1 Å². The van der Waals surface area contributed by atoms with E-state index in [-0.39, 0.29) is 18.5 Å². The summed E-state index contributed by atoms with van der Waals surface area (Å²) in [5.74, 6) is 1.37. The van der Waals surface area contributed by atoms with Crippen molar-refractivity contribution in [3.05, 3.63) is 59.5 Å². The largest absolute Gasteiger partial charge is 0.497 e. The second kappa shape index (κ2) is 7.69. The number of hydrogen-bond acceptors (Lipinski definition) is 6. The highest BCUT2D eigenvalue weighted by atomic mass is 32.1. The number of aromatic nitrogens is 3. The molecule has 7 nitrogen and oxygen atoms in total. The Morgan fingerprint density at radius 1 is 1.21 bits per heavy atom. The molecule has 4 rings (SSSR count). The van der Waals surface area contributed by atoms with E-state index in [0.717, 1.165) is 22.6 Å². The molecule has 0 aliphatic carbocycles. The van der Waals surface area contributed by atoms with Crippen molar-refractivity contribution in [2.45, 2.75) is 6.92 Å². The zero-order valence-corrected chi connectivity index (χ0v) is 16.2. The summed E-state index contributed by atoms with van der Waals surface area (Å²) in [5, 5.41) is 9.06. The summed E-state index contributed by atoms with van der Waals surface area (Å²) in [6.07, 6.45) is 0. The van der Waals surface area contributed by atoms with Crippen molar-refractivity contribution in [1.29, 1.82) is 0 Å². The van der Waals surface area contributed by atoms with Crippen molar-refractivity contribution in [3.8, 4) is 22.8 Å². The molecule has 0 unspecified atom stereocenters. The maximum Gasteiger partial charge on any atom is 0.264 e. The van der Waals surface area contributed by atoms with Crippen LogP contribution in [-0.2, 0) is 4.79 Å². The maximum absolute atomic E-state index is 12.2. The summed E-state index contributed by atoms with van der Waals surface area (Å²) < 4.78 is 12.5. The van der Waals surface area contributed by atoms with Crippen molar-refractivity contribution in [2.75, 3.05) is 19.0 Å². The van der Waals surface area contributed by atoms with Crippen LogP contribution in [0.25, 0.3) is 16.2 Å². The lowest BCUT2D eigenvalue weighted by molar-refractivity contribution is -0.118. The van der Waals surface area contributed by atoms with Gasteiger partial charge in [-0.1, -0.05) is 30.3 Å². The van der Waals surface area contributed by atoms with Crippen molar-refractivity contribution in [1.82, 2.24) is 14.6 Å². The van der Waals surface area contributed by atoms with Crippen LogP contribution >= 0.6 is 11.3 Å². The average Bonchev–Trinajstić information content (AvgIpc) is 3.27. The van der Waals surface area contributed by atoms with E-state index in [1.54, 1.807) is 11.6 Å². The Kier molecular flexibility index (Phi) is 4.94. The molecule has 142 valence electrons. The number of ether oxygens (including phenoxy) is 2. The number of aryl methyl sites for hydroxylation is 1. The first-order chi connectivity index (χ1) is 13.6. The third kappa shape index (κ3) is 3.67. The molecule has 0 radical (unpaired) electrons. The number of nitrogens with zero attached hydrogens (tertiary/aromatic N) is 3. The number of benzene rings is 2. The Balaban J connectivity index is 1.48. The molecule has 4 aromatic rings. The Labute approximate surface area is 165 Å². The lowest BCUT2D eigenvalue weighted by Gasteiger charge is -2.07. The van der Waals surface area contributed by atoms with Crippen LogP contribution < -0.4 is 14.8 Å². The van der Waals surface area contributed by atoms with Crippen molar-refractivity contribution in [2.24, 2.45) is 0 Å². The zero-order chi connectivity index (χ0) is 19.5. The number of carbonyl (C=O) groups is 1. The molecule has 0 spiro atoms. The normalized spacial score (nSPS) is 10.8. The van der Waals surface area contributed by atoms with Crippen molar-refractivity contribution in [3.63, 3.8) is 0 Å². The van der Waals surface area contributed by atoms with Crippen LogP contribution in [0.3, 0.4) is 0 Å². The van der Waals surface area contributed by atoms with Gasteiger partial charge in [0.25, 0.3) is 11.9 Å². The number of amides is 1. The fourth-order valence-corrected chi connectivity index (χ4v) is 3.57. The van der Waals surface area contributed by atoms with Crippen LogP contribution in [-0.4, -0.2) is 34.2 Å². The standard InChI is InChI=1S/C20H18N4O3S/c1-13-6-3-4-9-17(13)27-11-18(25)21-19-22-20-24(23-19)16(12-28-20)14-7-5-8-15(10-14)26-2/h3-10,12H,11H2,1-2H3,(H,21,23,25). The number of hydrogen-bond donors (Lipinski definition) is 1. The molecule has 2 aromatic carbocycles. The zero-order valence-electron chi connectivity index (χ0n) is 15.4. The van der Waals surface area contributed by atoms with E-state index in [2.05, 4.69) is 15.4 Å². The van der Waals surface area contributed by atoms with Gasteiger partial charge in [-0.15, -0.1) is 16.4 Å². The molecule has 0 bridgehead atoms. The van der Waals surface area contributed by atoms with Crippen LogP contribution in [0.4, 0.5) is 5.95 Å². The van der Waals surface area contributed by atoms with E-state index in [9.17, 15) is 4.79 Å². The number of rotatable bonds is 6. The van der Waals surface area contributed by atoms with Gasteiger partial charge in [-0.2, -0.15) is 4.98 Å². The molecule has 8 heteroatoms. The molecule has 0 saturated heterocycles. The minimum absolute atomic E-state index is 0.111. The SMILES string of the molecule is COc1cccc(-c2csc3nc(NC(=O)COc4ccccc4C)nn23)c1. The molecule has 0 atom stereocenters. The third-order valence-corrected chi connectivity index (χ3v) is 4.97. The first-order valence-corrected chi connectivity index (χ1v) is 9.49. The fourth-order valence-electron chi connectivity index (χ4n) is 2.74. The molecule has 0 aliphatic rings. The Morgan fingerprint density at radius 2 is 2.07 bits per heavy atom. The van der Waals surface area contributed by atoms with Gasteiger partial charge in [-0.05, 0) is 30.7 Å². The Hall–Kier alpha value is -3.39. The van der Waals surface area contributed by atoms with Gasteiger partial charge in [0, 0.05) is 10.9 Å². The lowest BCUT2D eigenvalue weighted by atomic mass is 10.2. The van der Waals surface area contributed by atoms with E-state index in [1.807, 2.05) is 60.8 Å². The summed E-state index contributed by atoms with van der Waals surface area (Å²) in [7, 11) is 1.63. The molecule has 2 aromatic heterocycles. The maximum atomic E-state index is 12.2. The van der Waals surface area contributed by atoms with Crippen LogP contribution in [0.1, 0.15) is 5.56 Å². The molecule has 0 fully saturated rings. The highest BCUT2D eigenvalue weighted by Crippen LogP contribution is 2.28. The average molecular weight is 394 g/mol. The van der Waals surface area contributed by atoms with Gasteiger partial charge in [-0.25, -0.2) is 4.52 Å². The first-order valence-electron chi connectivity index (χ1n) is 8.61. The quantitative estimate of drug-likeness (QED) is 0.538. The smallest absolute Gasteiger partial charge is 0.264 e. The number of thiazole rings is 1. The lowest BCUT2D eigenvalue weighted by Crippen LogP contribution is -2.21. The second-order valence-corrected chi connectivity index (χ2v) is 6.92. The molecule has 28 heavy (non-hydrogen) atoms. The Morgan fingerprint density at radius 3 is 2.89 bits per heavy atom. The van der Waals surface area contributed by atoms with E-state index >= 15 is 0 Å². The van der Waals surface area contributed by atoms with Gasteiger partial charge in [0.15, 0.2) is 6.61 Å². The topological polar surface area (TPSA) is 77.8 Å². The molecule has 1 N–H and O–H groups in total. The molecule has 1 amide bonds. The number of nitrogens with one attached hydrogen (secondary N) is 1. The van der Waals surface area contributed by atoms with E-state index < -0.39 is 0 Å². The number of anilines is 1. The second-order valence-electron chi connectivity index (χ2n) is 6.09. The van der Waals surface area contributed by atoms with Gasteiger partial charge >= 0.3 is 0 Å². The fraction of sp³-hybridized carbons (Fsp3) is 0.150. The predicted molar refractivity (Wildman–Crippen MR) is 108 cm³/mol. The number of fused-ring (bicyclic) bond motifs is 1. The molecule has 0 aliphatic heterocycles. The van der Waals surface area contributed by atoms with Crippen LogP contribution in [0.15, 0.2) is 53.9 Å². The van der Waals surface area contributed by atoms with Crippen molar-refractivity contribution < 1.29 is 14.3 Å². The molecular formula is C20H18N4O3S. The molecule has 0 saturated carbocycles. The van der Waals surface area contributed by atoms with Crippen LogP contribution in [0, 0.1) is 6.92 Å². The highest BCUT2D eigenvalue weighted by molar-refractivity contribution is 7.15. The molecule has 2 heterocycles. The van der Waals surface area contributed by atoms with Gasteiger partial charge in [0.05, 0.1) is 12.8 Å². The van der Waals surface area contributed by atoms with Gasteiger partial charge in [0.1, 0.15) is 11.5 Å². The minimum atomic E-state index is -0.315. The van der Waals surface area contributed by atoms with Crippen LogP contribution in [0.5, 0.6) is 11.5 Å². The monoisotopic (exact) mass is 394 g/mol. The number of methoxy groups -OCH3 is 1. The van der Waals surface area contributed by atoms with Gasteiger partial charge < -0.3 is 9.47 Å². The molecular weight excluding hydrogens is 376 g/mol. The van der Waals surface area contributed by atoms with E-state index in [4.69, 9.17) is 9.47 Å². The summed E-state index contributed by atoms with van der Waals surface area (Å²) in [6.45, 7) is 1.82. The summed E-state index contributed by atoms with van der Waals surface area (Å²) in [5.41, 5.74) is 2.80.